The molecule has 0 bridgehead atoms. The van der Waals surface area contributed by atoms with Gasteiger partial charge < -0.3 is 28.8 Å². The van der Waals surface area contributed by atoms with Gasteiger partial charge in [-0.05, 0) is 19.4 Å². The van der Waals surface area contributed by atoms with Crippen LogP contribution in [0.25, 0.3) is 0 Å². The average molecular weight is 324 g/mol. The Hall–Kier alpha value is -1.02. The maximum absolute atomic E-state index is 10.3. The molecule has 1 N–H and O–H groups in total. The van der Waals surface area contributed by atoms with Crippen LogP contribution in [0.15, 0.2) is 30.3 Å². The van der Waals surface area contributed by atoms with Crippen LogP contribution in [0.3, 0.4) is 0 Å². The van der Waals surface area contributed by atoms with Crippen LogP contribution in [0.1, 0.15) is 19.4 Å². The highest BCUT2D eigenvalue weighted by Crippen LogP contribution is 2.39. The molecule has 0 radical (unpaired) electrons. The number of fused-ring (bicyclic) bond motifs is 1. The van der Waals surface area contributed by atoms with Crippen LogP contribution in [0, 0.1) is 0 Å². The molecule has 1 aromatic rings. The van der Waals surface area contributed by atoms with Gasteiger partial charge in [-0.2, -0.15) is 0 Å². The second kappa shape index (κ2) is 6.84. The first-order valence-corrected chi connectivity index (χ1v) is 7.84. The molecule has 2 fully saturated rings. The molecule has 6 heteroatoms. The first kappa shape index (κ1) is 16.8. The Labute approximate surface area is 136 Å². The summed E-state index contributed by atoms with van der Waals surface area (Å²) in [6.07, 6.45) is -2.69. The Bertz CT molecular complexity index is 505. The van der Waals surface area contributed by atoms with Crippen molar-refractivity contribution in [3.8, 4) is 0 Å². The number of rotatable bonds is 6. The lowest BCUT2D eigenvalue weighted by atomic mass is 10.1. The zero-order valence-corrected chi connectivity index (χ0v) is 13.7. The van der Waals surface area contributed by atoms with Gasteiger partial charge in [0.2, 0.25) is 0 Å². The summed E-state index contributed by atoms with van der Waals surface area (Å²) in [6, 6.07) is 9.86. The molecule has 2 heterocycles. The summed E-state index contributed by atoms with van der Waals surface area (Å²) >= 11 is 0. The molecule has 23 heavy (non-hydrogen) atoms. The first-order chi connectivity index (χ1) is 11.0. The van der Waals surface area contributed by atoms with E-state index in [1.54, 1.807) is 0 Å². The maximum atomic E-state index is 10.3. The van der Waals surface area contributed by atoms with E-state index >= 15 is 0 Å². The van der Waals surface area contributed by atoms with E-state index in [0.717, 1.165) is 5.56 Å². The molecule has 2 aliphatic heterocycles. The Balaban J connectivity index is 1.71. The standard InChI is InChI=1S/C17H24O6/c1-17(2)22-15-14(20-9-11-7-5-4-6-8-11)13(12(18)10-19-3)21-16(15)23-17/h4-8,12-16,18H,9-10H2,1-3H3/t12-,13+,14-,15+,16+/m0/s1. The van der Waals surface area contributed by atoms with Gasteiger partial charge in [0.05, 0.1) is 13.2 Å². The largest absolute Gasteiger partial charge is 0.388 e. The summed E-state index contributed by atoms with van der Waals surface area (Å²) < 4.78 is 28.5. The van der Waals surface area contributed by atoms with E-state index in [0.29, 0.717) is 6.61 Å². The maximum Gasteiger partial charge on any atom is 0.190 e. The molecule has 0 aliphatic carbocycles. The number of aliphatic hydroxyl groups excluding tert-OH is 1. The third-order valence-corrected chi connectivity index (χ3v) is 4.03. The molecule has 3 rings (SSSR count). The van der Waals surface area contributed by atoms with E-state index in [9.17, 15) is 5.11 Å². The van der Waals surface area contributed by atoms with E-state index < -0.39 is 30.4 Å². The van der Waals surface area contributed by atoms with E-state index in [1.165, 1.54) is 7.11 Å². The van der Waals surface area contributed by atoms with Crippen molar-refractivity contribution in [3.05, 3.63) is 35.9 Å². The van der Waals surface area contributed by atoms with Crippen LogP contribution < -0.4 is 0 Å². The lowest BCUT2D eigenvalue weighted by molar-refractivity contribution is -0.232. The van der Waals surface area contributed by atoms with Gasteiger partial charge in [0.1, 0.15) is 24.4 Å². The summed E-state index contributed by atoms with van der Waals surface area (Å²) in [5.74, 6) is -0.721. The van der Waals surface area contributed by atoms with Gasteiger partial charge in [0.25, 0.3) is 0 Å². The number of ether oxygens (including phenoxy) is 5. The fourth-order valence-electron chi connectivity index (χ4n) is 3.04. The van der Waals surface area contributed by atoms with E-state index in [2.05, 4.69) is 0 Å². The first-order valence-electron chi connectivity index (χ1n) is 7.84. The molecule has 0 unspecified atom stereocenters. The normalized spacial score (nSPS) is 33.6. The van der Waals surface area contributed by atoms with Crippen molar-refractivity contribution in [1.82, 2.24) is 0 Å². The smallest absolute Gasteiger partial charge is 0.190 e. The molecule has 0 saturated carbocycles. The van der Waals surface area contributed by atoms with Crippen LogP contribution in [0.2, 0.25) is 0 Å². The molecule has 0 amide bonds. The Morgan fingerprint density at radius 1 is 1.22 bits per heavy atom. The minimum atomic E-state index is -0.804. The van der Waals surface area contributed by atoms with Crippen LogP contribution in [0.5, 0.6) is 0 Å². The topological polar surface area (TPSA) is 66.4 Å². The molecule has 6 nitrogen and oxygen atoms in total. The van der Waals surface area contributed by atoms with Gasteiger partial charge >= 0.3 is 0 Å². The number of hydrogen-bond acceptors (Lipinski definition) is 6. The van der Waals surface area contributed by atoms with Gasteiger partial charge in [-0.3, -0.25) is 0 Å². The monoisotopic (exact) mass is 324 g/mol. The SMILES string of the molecule is COC[C@H](O)[C@H]1O[C@@H]2OC(C)(C)O[C@@H]2[C@H]1OCc1ccccc1. The average Bonchev–Trinajstić information content (AvgIpc) is 2.98. The van der Waals surface area contributed by atoms with Crippen molar-refractivity contribution < 1.29 is 28.8 Å². The van der Waals surface area contributed by atoms with Crippen LogP contribution in [0.4, 0.5) is 0 Å². The van der Waals surface area contributed by atoms with Gasteiger partial charge in [0.15, 0.2) is 12.1 Å². The quantitative estimate of drug-likeness (QED) is 0.854. The molecule has 1 aromatic carbocycles. The third-order valence-electron chi connectivity index (χ3n) is 4.03. The Morgan fingerprint density at radius 3 is 2.65 bits per heavy atom. The zero-order chi connectivity index (χ0) is 16.4. The van der Waals surface area contributed by atoms with Crippen molar-refractivity contribution in [1.29, 1.82) is 0 Å². The molecule has 5 atom stereocenters. The summed E-state index contributed by atoms with van der Waals surface area (Å²) in [6.45, 7) is 4.25. The van der Waals surface area contributed by atoms with Crippen LogP contribution in [-0.4, -0.2) is 55.3 Å². The predicted octanol–water partition coefficient (Wildman–Crippen LogP) is 1.46. The van der Waals surface area contributed by atoms with E-state index in [-0.39, 0.29) is 12.7 Å². The summed E-state index contributed by atoms with van der Waals surface area (Å²) in [4.78, 5) is 0. The second-order valence-electron chi connectivity index (χ2n) is 6.35. The number of methoxy groups -OCH3 is 1. The highest BCUT2D eigenvalue weighted by Gasteiger charge is 2.57. The molecule has 128 valence electrons. The lowest BCUT2D eigenvalue weighted by Crippen LogP contribution is -2.44. The molecule has 2 aliphatic rings. The van der Waals surface area contributed by atoms with Gasteiger partial charge in [-0.25, -0.2) is 0 Å². The highest BCUT2D eigenvalue weighted by atomic mass is 16.8. The third kappa shape index (κ3) is 3.74. The predicted molar refractivity (Wildman–Crippen MR) is 81.6 cm³/mol. The summed E-state index contributed by atoms with van der Waals surface area (Å²) in [5.41, 5.74) is 1.05. The van der Waals surface area contributed by atoms with Crippen LogP contribution >= 0.6 is 0 Å². The minimum absolute atomic E-state index is 0.165. The van der Waals surface area contributed by atoms with Crippen molar-refractivity contribution in [2.75, 3.05) is 13.7 Å². The fraction of sp³-hybridized carbons (Fsp3) is 0.647. The lowest BCUT2D eigenvalue weighted by Gasteiger charge is -2.28. The van der Waals surface area contributed by atoms with Crippen LogP contribution in [-0.2, 0) is 30.3 Å². The number of hydrogen-bond donors (Lipinski definition) is 1. The molecule has 0 spiro atoms. The van der Waals surface area contributed by atoms with E-state index in [1.807, 2.05) is 44.2 Å². The molecular formula is C17H24O6. The van der Waals surface area contributed by atoms with Gasteiger partial charge in [0, 0.05) is 7.11 Å². The molecular weight excluding hydrogens is 300 g/mol. The van der Waals surface area contributed by atoms with Gasteiger partial charge in [-0.15, -0.1) is 0 Å². The van der Waals surface area contributed by atoms with Crippen molar-refractivity contribution in [2.45, 2.75) is 56.9 Å². The molecule has 2 saturated heterocycles. The van der Waals surface area contributed by atoms with Crippen molar-refractivity contribution in [3.63, 3.8) is 0 Å². The summed E-state index contributed by atoms with van der Waals surface area (Å²) in [5, 5.41) is 10.3. The molecule has 0 aromatic heterocycles. The Morgan fingerprint density at radius 2 is 1.96 bits per heavy atom. The summed E-state index contributed by atoms with van der Waals surface area (Å²) in [7, 11) is 1.54. The van der Waals surface area contributed by atoms with Crippen molar-refractivity contribution in [2.24, 2.45) is 0 Å². The van der Waals surface area contributed by atoms with E-state index in [4.69, 9.17) is 23.7 Å². The number of benzene rings is 1. The van der Waals surface area contributed by atoms with Crippen molar-refractivity contribution >= 4 is 0 Å². The number of aliphatic hydroxyl groups is 1. The zero-order valence-electron chi connectivity index (χ0n) is 13.7. The highest BCUT2D eigenvalue weighted by molar-refractivity contribution is 5.13. The Kier molecular flexibility index (Phi) is 5.01. The fourth-order valence-corrected chi connectivity index (χ4v) is 3.04. The van der Waals surface area contributed by atoms with Gasteiger partial charge in [-0.1, -0.05) is 30.3 Å². The second-order valence-corrected chi connectivity index (χ2v) is 6.35. The minimum Gasteiger partial charge on any atom is -0.388 e.